The van der Waals surface area contributed by atoms with Crippen LogP contribution in [0.5, 0.6) is 0 Å². The van der Waals surface area contributed by atoms with Crippen molar-refractivity contribution in [3.8, 4) is 0 Å². The summed E-state index contributed by atoms with van der Waals surface area (Å²) in [4.78, 5) is 12.7. The van der Waals surface area contributed by atoms with Crippen molar-refractivity contribution in [1.29, 1.82) is 0 Å². The molecule has 1 atom stereocenters. The second-order valence-corrected chi connectivity index (χ2v) is 4.76. The number of nitrogens with one attached hydrogen (secondary N) is 1. The number of hydrogen-bond donors (Lipinski definition) is 1. The highest BCUT2D eigenvalue weighted by Crippen LogP contribution is 2.32. The van der Waals surface area contributed by atoms with E-state index in [2.05, 4.69) is 17.4 Å². The molecule has 74 valence electrons. The van der Waals surface area contributed by atoms with Crippen LogP contribution in [0.3, 0.4) is 0 Å². The molecule has 1 aromatic rings. The monoisotopic (exact) mass is 207 g/mol. The van der Waals surface area contributed by atoms with Gasteiger partial charge in [-0.05, 0) is 24.6 Å². The molecule has 1 aromatic carbocycles. The third kappa shape index (κ3) is 1.77. The first-order chi connectivity index (χ1) is 6.66. The molecule has 0 fully saturated rings. The molecule has 2 nitrogen and oxygen atoms in total. The lowest BCUT2D eigenvalue weighted by Gasteiger charge is -2.06. The predicted octanol–water partition coefficient (Wildman–Crippen LogP) is 2.68. The predicted molar refractivity (Wildman–Crippen MR) is 59.7 cm³/mol. The number of carbonyl (C=O) groups is 1. The second-order valence-electron chi connectivity index (χ2n) is 3.70. The number of rotatable bonds is 0. The molecule has 0 saturated carbocycles. The van der Waals surface area contributed by atoms with E-state index in [1.54, 1.807) is 11.8 Å². The van der Waals surface area contributed by atoms with Gasteiger partial charge in [0.1, 0.15) is 0 Å². The summed E-state index contributed by atoms with van der Waals surface area (Å²) in [5.74, 6) is 1.08. The average Bonchev–Trinajstić information content (AvgIpc) is 2.27. The Bertz CT molecular complexity index is 376. The molecule has 0 spiro atoms. The summed E-state index contributed by atoms with van der Waals surface area (Å²) < 4.78 is 0. The van der Waals surface area contributed by atoms with Crippen molar-refractivity contribution in [3.05, 3.63) is 23.8 Å². The number of aryl methyl sites for hydroxylation is 1. The summed E-state index contributed by atoms with van der Waals surface area (Å²) in [5.41, 5.74) is 2.14. The Morgan fingerprint density at radius 2 is 2.29 bits per heavy atom. The molecule has 1 aliphatic heterocycles. The fourth-order valence-electron chi connectivity index (χ4n) is 1.41. The molecule has 1 aliphatic rings. The number of benzene rings is 1. The normalized spacial score (nSPS) is 21.0. The van der Waals surface area contributed by atoms with Crippen LogP contribution in [-0.4, -0.2) is 11.7 Å². The van der Waals surface area contributed by atoms with E-state index in [1.807, 2.05) is 19.9 Å². The first-order valence-corrected chi connectivity index (χ1v) is 5.69. The molecule has 0 aromatic heterocycles. The van der Waals surface area contributed by atoms with Gasteiger partial charge in [0.25, 0.3) is 0 Å². The summed E-state index contributed by atoms with van der Waals surface area (Å²) in [6, 6.07) is 6.18. The first-order valence-electron chi connectivity index (χ1n) is 4.71. The molecule has 14 heavy (non-hydrogen) atoms. The number of amides is 1. The zero-order chi connectivity index (χ0) is 10.1. The fraction of sp³-hybridized carbons (Fsp3) is 0.364. The number of carbonyl (C=O) groups excluding carboxylic acids is 1. The Hall–Kier alpha value is -0.960. The van der Waals surface area contributed by atoms with E-state index >= 15 is 0 Å². The largest absolute Gasteiger partial charge is 0.325 e. The van der Waals surface area contributed by atoms with Crippen LogP contribution in [0.15, 0.2) is 23.1 Å². The SMILES string of the molecule is Cc1ccc2c(c1)NC(=O)C(C)CS2. The average molecular weight is 207 g/mol. The topological polar surface area (TPSA) is 29.1 Å². The molecule has 1 unspecified atom stereocenters. The van der Waals surface area contributed by atoms with Gasteiger partial charge in [0.15, 0.2) is 0 Å². The summed E-state index contributed by atoms with van der Waals surface area (Å²) >= 11 is 1.75. The lowest BCUT2D eigenvalue weighted by atomic mass is 10.2. The van der Waals surface area contributed by atoms with Crippen LogP contribution in [0.1, 0.15) is 12.5 Å². The van der Waals surface area contributed by atoms with Gasteiger partial charge < -0.3 is 5.32 Å². The van der Waals surface area contributed by atoms with Crippen molar-refractivity contribution in [2.75, 3.05) is 11.1 Å². The van der Waals surface area contributed by atoms with E-state index < -0.39 is 0 Å². The number of fused-ring (bicyclic) bond motifs is 1. The van der Waals surface area contributed by atoms with Crippen LogP contribution in [-0.2, 0) is 4.79 Å². The number of hydrogen-bond acceptors (Lipinski definition) is 2. The highest BCUT2D eigenvalue weighted by molar-refractivity contribution is 7.99. The smallest absolute Gasteiger partial charge is 0.228 e. The zero-order valence-corrected chi connectivity index (χ0v) is 9.15. The van der Waals surface area contributed by atoms with Gasteiger partial charge in [-0.1, -0.05) is 13.0 Å². The summed E-state index contributed by atoms with van der Waals surface area (Å²) in [7, 11) is 0. The molecular weight excluding hydrogens is 194 g/mol. The van der Waals surface area contributed by atoms with E-state index in [-0.39, 0.29) is 11.8 Å². The Kier molecular flexibility index (Phi) is 2.50. The zero-order valence-electron chi connectivity index (χ0n) is 8.33. The maximum absolute atomic E-state index is 11.6. The van der Waals surface area contributed by atoms with E-state index in [0.717, 1.165) is 11.4 Å². The molecular formula is C11H13NOS. The van der Waals surface area contributed by atoms with Crippen molar-refractivity contribution >= 4 is 23.4 Å². The second kappa shape index (κ2) is 3.65. The molecule has 3 heteroatoms. The van der Waals surface area contributed by atoms with Gasteiger partial charge in [0, 0.05) is 16.6 Å². The minimum Gasteiger partial charge on any atom is -0.325 e. The maximum Gasteiger partial charge on any atom is 0.228 e. The van der Waals surface area contributed by atoms with Crippen LogP contribution in [0.2, 0.25) is 0 Å². The molecule has 0 saturated heterocycles. The summed E-state index contributed by atoms with van der Waals surface area (Å²) in [6.45, 7) is 3.99. The Morgan fingerprint density at radius 1 is 1.50 bits per heavy atom. The maximum atomic E-state index is 11.6. The molecule has 0 aliphatic carbocycles. The molecule has 1 amide bonds. The Morgan fingerprint density at radius 3 is 3.07 bits per heavy atom. The highest BCUT2D eigenvalue weighted by Gasteiger charge is 2.19. The van der Waals surface area contributed by atoms with Crippen LogP contribution < -0.4 is 5.32 Å². The van der Waals surface area contributed by atoms with E-state index in [4.69, 9.17) is 0 Å². The minimum absolute atomic E-state index is 0.0905. The highest BCUT2D eigenvalue weighted by atomic mass is 32.2. The van der Waals surface area contributed by atoms with Gasteiger partial charge in [0.05, 0.1) is 5.69 Å². The fourth-order valence-corrected chi connectivity index (χ4v) is 2.42. The third-order valence-corrected chi connectivity index (χ3v) is 3.66. The summed E-state index contributed by atoms with van der Waals surface area (Å²) in [5, 5.41) is 2.95. The lowest BCUT2D eigenvalue weighted by Crippen LogP contribution is -2.20. The van der Waals surface area contributed by atoms with Gasteiger partial charge in [-0.3, -0.25) is 4.79 Å². The van der Waals surface area contributed by atoms with E-state index in [9.17, 15) is 4.79 Å². The Labute approximate surface area is 88.1 Å². The van der Waals surface area contributed by atoms with E-state index in [0.29, 0.717) is 0 Å². The third-order valence-electron chi connectivity index (χ3n) is 2.33. The molecule has 1 heterocycles. The molecule has 1 N–H and O–H groups in total. The number of thioether (sulfide) groups is 1. The van der Waals surface area contributed by atoms with Gasteiger partial charge >= 0.3 is 0 Å². The minimum atomic E-state index is 0.0905. The van der Waals surface area contributed by atoms with Crippen molar-refractivity contribution in [2.24, 2.45) is 5.92 Å². The van der Waals surface area contributed by atoms with E-state index in [1.165, 1.54) is 10.5 Å². The lowest BCUT2D eigenvalue weighted by molar-refractivity contribution is -0.118. The van der Waals surface area contributed by atoms with Gasteiger partial charge in [-0.15, -0.1) is 11.8 Å². The van der Waals surface area contributed by atoms with Gasteiger partial charge in [0.2, 0.25) is 5.91 Å². The number of anilines is 1. The van der Waals surface area contributed by atoms with Crippen LogP contribution >= 0.6 is 11.8 Å². The molecule has 0 bridgehead atoms. The summed E-state index contributed by atoms with van der Waals surface area (Å²) in [6.07, 6.45) is 0. The molecule has 0 radical (unpaired) electrons. The van der Waals surface area contributed by atoms with Gasteiger partial charge in [-0.2, -0.15) is 0 Å². The molecule has 2 rings (SSSR count). The van der Waals surface area contributed by atoms with Crippen LogP contribution in [0, 0.1) is 12.8 Å². The quantitative estimate of drug-likeness (QED) is 0.708. The van der Waals surface area contributed by atoms with Crippen molar-refractivity contribution < 1.29 is 4.79 Å². The van der Waals surface area contributed by atoms with Crippen molar-refractivity contribution in [2.45, 2.75) is 18.7 Å². The standard InChI is InChI=1S/C11H13NOS/c1-7-3-4-10-9(5-7)12-11(13)8(2)6-14-10/h3-5,8H,6H2,1-2H3,(H,12,13). The van der Waals surface area contributed by atoms with Crippen LogP contribution in [0.4, 0.5) is 5.69 Å². The Balaban J connectivity index is 2.38. The first kappa shape index (κ1) is 9.59. The van der Waals surface area contributed by atoms with Gasteiger partial charge in [-0.25, -0.2) is 0 Å². The van der Waals surface area contributed by atoms with Crippen molar-refractivity contribution in [3.63, 3.8) is 0 Å². The van der Waals surface area contributed by atoms with Crippen LogP contribution in [0.25, 0.3) is 0 Å². The van der Waals surface area contributed by atoms with Crippen molar-refractivity contribution in [1.82, 2.24) is 0 Å².